The summed E-state index contributed by atoms with van der Waals surface area (Å²) in [6.45, 7) is 2.73. The molecule has 0 amide bonds. The number of nitrogens with zero attached hydrogens (tertiary/aromatic N) is 1. The molecule has 3 atom stereocenters. The number of hydrogen-bond donors (Lipinski definition) is 1. The zero-order valence-electron chi connectivity index (χ0n) is 11.2. The van der Waals surface area contributed by atoms with E-state index in [9.17, 15) is 5.11 Å². The van der Waals surface area contributed by atoms with E-state index in [4.69, 9.17) is 4.74 Å². The number of benzene rings is 1. The minimum atomic E-state index is -0.651. The number of morpholine rings is 1. The van der Waals surface area contributed by atoms with Crippen LogP contribution >= 0.6 is 0 Å². The number of likely N-dealkylation sites (N-methyl/N-ethyl adjacent to an activating group) is 1. The first kappa shape index (κ1) is 13.5. The third-order valence-corrected chi connectivity index (χ3v) is 3.81. The topological polar surface area (TPSA) is 32.7 Å². The average molecular weight is 249 g/mol. The van der Waals surface area contributed by atoms with Gasteiger partial charge in [0.15, 0.2) is 6.29 Å². The number of ether oxygens (including phenoxy) is 1. The van der Waals surface area contributed by atoms with Crippen LogP contribution in [0.2, 0.25) is 0 Å². The number of aliphatic hydroxyl groups excluding tert-OH is 1. The number of aliphatic hydroxyl groups is 1. The molecule has 1 N–H and O–H groups in total. The van der Waals surface area contributed by atoms with Gasteiger partial charge in [-0.15, -0.1) is 0 Å². The molecule has 1 heterocycles. The molecule has 3 nitrogen and oxygen atoms in total. The third-order valence-electron chi connectivity index (χ3n) is 3.81. The molecule has 18 heavy (non-hydrogen) atoms. The molecule has 0 bridgehead atoms. The lowest BCUT2D eigenvalue weighted by atomic mass is 9.99. The quantitative estimate of drug-likeness (QED) is 0.890. The van der Waals surface area contributed by atoms with E-state index in [-0.39, 0.29) is 12.1 Å². The predicted molar refractivity (Wildman–Crippen MR) is 72.2 cm³/mol. The molecule has 0 aliphatic carbocycles. The van der Waals surface area contributed by atoms with Crippen LogP contribution in [-0.4, -0.2) is 36.0 Å². The Labute approximate surface area is 109 Å². The number of rotatable bonds is 4. The van der Waals surface area contributed by atoms with Crippen LogP contribution in [0.15, 0.2) is 30.3 Å². The second kappa shape index (κ2) is 6.32. The lowest BCUT2D eigenvalue weighted by Gasteiger charge is -2.42. The van der Waals surface area contributed by atoms with Crippen LogP contribution in [0.1, 0.15) is 37.8 Å². The lowest BCUT2D eigenvalue weighted by Crippen LogP contribution is -2.50. The summed E-state index contributed by atoms with van der Waals surface area (Å²) in [4.78, 5) is 2.26. The van der Waals surface area contributed by atoms with Crippen molar-refractivity contribution >= 4 is 0 Å². The van der Waals surface area contributed by atoms with Crippen LogP contribution in [0.25, 0.3) is 0 Å². The highest BCUT2D eigenvalue weighted by atomic mass is 16.6. The van der Waals surface area contributed by atoms with Gasteiger partial charge in [-0.1, -0.05) is 50.1 Å². The minimum Gasteiger partial charge on any atom is -0.367 e. The van der Waals surface area contributed by atoms with Crippen molar-refractivity contribution in [2.45, 2.75) is 44.6 Å². The van der Waals surface area contributed by atoms with Crippen molar-refractivity contribution in [3.8, 4) is 0 Å². The Kier molecular flexibility index (Phi) is 4.75. The summed E-state index contributed by atoms with van der Waals surface area (Å²) in [5.74, 6) is 0. The molecule has 1 aliphatic rings. The molecular weight excluding hydrogens is 226 g/mol. The summed E-state index contributed by atoms with van der Waals surface area (Å²) in [7, 11) is 2.09. The highest BCUT2D eigenvalue weighted by Gasteiger charge is 2.34. The van der Waals surface area contributed by atoms with Crippen LogP contribution in [0.5, 0.6) is 0 Å². The summed E-state index contributed by atoms with van der Waals surface area (Å²) in [6.07, 6.45) is 2.60. The van der Waals surface area contributed by atoms with Gasteiger partial charge in [0.1, 0.15) is 0 Å². The van der Waals surface area contributed by atoms with Gasteiger partial charge < -0.3 is 9.84 Å². The first-order chi connectivity index (χ1) is 8.74. The van der Waals surface area contributed by atoms with Crippen LogP contribution in [-0.2, 0) is 4.74 Å². The molecule has 1 saturated heterocycles. The molecular formula is C15H23NO2. The first-order valence-corrected chi connectivity index (χ1v) is 6.80. The standard InChI is InChI=1S/C15H23NO2/c1-3-4-10-13-15(17)18-11-14(16(13)2)12-8-6-5-7-9-12/h5-9,13-15,17H,3-4,10-11H2,1-2H3/t13-,14+,15?/m1/s1. The van der Waals surface area contributed by atoms with Gasteiger partial charge in [0.05, 0.1) is 18.7 Å². The normalized spacial score (nSPS) is 29.4. The fourth-order valence-corrected chi connectivity index (χ4v) is 2.62. The van der Waals surface area contributed by atoms with E-state index in [1.54, 1.807) is 0 Å². The summed E-state index contributed by atoms with van der Waals surface area (Å²) >= 11 is 0. The van der Waals surface area contributed by atoms with Crippen molar-refractivity contribution in [3.05, 3.63) is 35.9 Å². The van der Waals surface area contributed by atoms with Crippen LogP contribution in [0.4, 0.5) is 0 Å². The van der Waals surface area contributed by atoms with Gasteiger partial charge in [-0.05, 0) is 19.0 Å². The molecule has 1 fully saturated rings. The minimum absolute atomic E-state index is 0.101. The second-order valence-corrected chi connectivity index (χ2v) is 5.03. The maximum absolute atomic E-state index is 9.97. The van der Waals surface area contributed by atoms with E-state index in [0.717, 1.165) is 19.3 Å². The number of unbranched alkanes of at least 4 members (excludes halogenated alkanes) is 1. The van der Waals surface area contributed by atoms with E-state index in [1.807, 2.05) is 6.07 Å². The Hall–Kier alpha value is -0.900. The molecule has 3 heteroatoms. The van der Waals surface area contributed by atoms with E-state index in [2.05, 4.69) is 43.1 Å². The fraction of sp³-hybridized carbons (Fsp3) is 0.600. The van der Waals surface area contributed by atoms with Gasteiger partial charge in [-0.3, -0.25) is 4.90 Å². The molecule has 1 aromatic carbocycles. The van der Waals surface area contributed by atoms with Crippen molar-refractivity contribution in [1.29, 1.82) is 0 Å². The summed E-state index contributed by atoms with van der Waals surface area (Å²) < 4.78 is 5.54. The van der Waals surface area contributed by atoms with E-state index in [0.29, 0.717) is 6.61 Å². The fourth-order valence-electron chi connectivity index (χ4n) is 2.62. The van der Waals surface area contributed by atoms with Gasteiger partial charge in [0.2, 0.25) is 0 Å². The molecule has 0 spiro atoms. The van der Waals surface area contributed by atoms with Gasteiger partial charge in [0.25, 0.3) is 0 Å². The molecule has 0 aromatic heterocycles. The third kappa shape index (κ3) is 2.91. The molecule has 0 saturated carbocycles. The Balaban J connectivity index is 2.09. The Bertz CT molecular complexity index is 355. The van der Waals surface area contributed by atoms with Gasteiger partial charge >= 0.3 is 0 Å². The predicted octanol–water partition coefficient (Wildman–Crippen LogP) is 2.57. The smallest absolute Gasteiger partial charge is 0.170 e. The summed E-state index contributed by atoms with van der Waals surface area (Å²) in [5, 5.41) is 9.97. The van der Waals surface area contributed by atoms with Crippen molar-refractivity contribution in [2.75, 3.05) is 13.7 Å². The SMILES string of the molecule is CCCC[C@@H]1C(O)OC[C@@H](c2ccccc2)N1C. The Morgan fingerprint density at radius 3 is 2.72 bits per heavy atom. The zero-order chi connectivity index (χ0) is 13.0. The first-order valence-electron chi connectivity index (χ1n) is 6.80. The highest BCUT2D eigenvalue weighted by molar-refractivity contribution is 5.19. The number of hydrogen-bond acceptors (Lipinski definition) is 3. The molecule has 100 valence electrons. The van der Waals surface area contributed by atoms with Crippen LogP contribution in [0, 0.1) is 0 Å². The second-order valence-electron chi connectivity index (χ2n) is 5.03. The zero-order valence-corrected chi connectivity index (χ0v) is 11.2. The van der Waals surface area contributed by atoms with Crippen molar-refractivity contribution in [3.63, 3.8) is 0 Å². The Morgan fingerprint density at radius 1 is 1.33 bits per heavy atom. The molecule has 1 aromatic rings. The average Bonchev–Trinajstić information content (AvgIpc) is 2.40. The maximum atomic E-state index is 9.97. The Morgan fingerprint density at radius 2 is 2.06 bits per heavy atom. The lowest BCUT2D eigenvalue weighted by molar-refractivity contribution is -0.196. The summed E-state index contributed by atoms with van der Waals surface area (Å²) in [5.41, 5.74) is 1.26. The van der Waals surface area contributed by atoms with Gasteiger partial charge in [-0.2, -0.15) is 0 Å². The monoisotopic (exact) mass is 249 g/mol. The van der Waals surface area contributed by atoms with Crippen molar-refractivity contribution in [2.24, 2.45) is 0 Å². The van der Waals surface area contributed by atoms with Crippen molar-refractivity contribution in [1.82, 2.24) is 4.90 Å². The maximum Gasteiger partial charge on any atom is 0.170 e. The largest absolute Gasteiger partial charge is 0.367 e. The van der Waals surface area contributed by atoms with E-state index >= 15 is 0 Å². The summed E-state index contributed by atoms with van der Waals surface area (Å²) in [6, 6.07) is 10.7. The molecule has 1 aliphatic heterocycles. The van der Waals surface area contributed by atoms with Crippen LogP contribution in [0.3, 0.4) is 0 Å². The molecule has 2 rings (SSSR count). The van der Waals surface area contributed by atoms with Gasteiger partial charge in [0, 0.05) is 0 Å². The van der Waals surface area contributed by atoms with Crippen molar-refractivity contribution < 1.29 is 9.84 Å². The van der Waals surface area contributed by atoms with Gasteiger partial charge in [-0.25, -0.2) is 0 Å². The molecule has 0 radical (unpaired) electrons. The van der Waals surface area contributed by atoms with Crippen LogP contribution < -0.4 is 0 Å². The highest BCUT2D eigenvalue weighted by Crippen LogP contribution is 2.30. The van der Waals surface area contributed by atoms with E-state index < -0.39 is 6.29 Å². The molecule has 1 unspecified atom stereocenters. The van der Waals surface area contributed by atoms with E-state index in [1.165, 1.54) is 5.56 Å².